The zero-order chi connectivity index (χ0) is 37.4. The maximum absolute atomic E-state index is 15.1. The smallest absolute Gasteiger partial charge is 0.350 e. The summed E-state index contributed by atoms with van der Waals surface area (Å²) >= 11 is 0. The third-order valence-electron chi connectivity index (χ3n) is 9.66. The summed E-state index contributed by atoms with van der Waals surface area (Å²) < 4.78 is 52.2. The summed E-state index contributed by atoms with van der Waals surface area (Å²) in [5, 5.41) is 8.49. The van der Waals surface area contributed by atoms with Crippen LogP contribution in [0, 0.1) is 0 Å². The highest BCUT2D eigenvalue weighted by atomic mass is 19.1. The van der Waals surface area contributed by atoms with Gasteiger partial charge in [-0.25, -0.2) is 32.5 Å². The Balaban J connectivity index is 0.00000236. The minimum atomic E-state index is -1.51. The van der Waals surface area contributed by atoms with Crippen molar-refractivity contribution >= 4 is 11.4 Å². The molecule has 282 valence electrons. The molecule has 0 bridgehead atoms. The Morgan fingerprint density at radius 1 is 0.887 bits per heavy atom. The second kappa shape index (κ2) is 17.2. The molecule has 2 saturated heterocycles. The lowest BCUT2D eigenvalue weighted by molar-refractivity contribution is -0.152. The summed E-state index contributed by atoms with van der Waals surface area (Å²) in [6.07, 6.45) is 9.60. The largest absolute Gasteiger partial charge is 0.491 e. The minimum Gasteiger partial charge on any atom is -0.491 e. The van der Waals surface area contributed by atoms with Crippen LogP contribution in [0.4, 0.5) is 20.2 Å². The van der Waals surface area contributed by atoms with Crippen LogP contribution in [-0.2, 0) is 16.0 Å². The lowest BCUT2D eigenvalue weighted by atomic mass is 10.0. The predicted octanol–water partition coefficient (Wildman–Crippen LogP) is 6.57. The first-order valence-electron chi connectivity index (χ1n) is 18.4. The van der Waals surface area contributed by atoms with Crippen molar-refractivity contribution in [3.63, 3.8) is 0 Å². The van der Waals surface area contributed by atoms with Crippen LogP contribution in [-0.4, -0.2) is 80.4 Å². The van der Waals surface area contributed by atoms with Crippen molar-refractivity contribution < 1.29 is 23.0 Å². The highest BCUT2D eigenvalue weighted by Crippen LogP contribution is 2.39. The van der Waals surface area contributed by atoms with Gasteiger partial charge in [0.05, 0.1) is 18.3 Å². The van der Waals surface area contributed by atoms with Crippen molar-refractivity contribution in [3.8, 4) is 11.4 Å². The standard InChI is InChI=1S/C37H42F2N8O4.C2H6/c1-3-28(4-2)47-36(48)46(26-42-47)31-10-8-29(9-11-31)43-16-18-44(19-17-43)30-12-14-32(15-13-30)49-21-33-22-50-37(51-33,23-45-25-40-24-41-45)34-7-5-6-27(38)20-35(34)39;1-2/h6-15,20,24-26,28,33H,3-5,16-19,21-23H2,1-2H3;1-2H3/t33-,37?;/m0./s1. The van der Waals surface area contributed by atoms with E-state index in [1.165, 1.54) is 23.4 Å². The summed E-state index contributed by atoms with van der Waals surface area (Å²) in [5.41, 5.74) is 3.02. The number of benzene rings is 2. The molecule has 4 heterocycles. The fraction of sp³-hybridized carbons (Fsp3) is 0.436. The highest BCUT2D eigenvalue weighted by Gasteiger charge is 2.47. The zero-order valence-corrected chi connectivity index (χ0v) is 30.8. The summed E-state index contributed by atoms with van der Waals surface area (Å²) in [6.45, 7) is 11.9. The van der Waals surface area contributed by atoms with Crippen molar-refractivity contribution in [2.24, 2.45) is 0 Å². The van der Waals surface area contributed by atoms with Crippen LogP contribution in [0.1, 0.15) is 53.0 Å². The number of nitrogens with zero attached hydrogens (tertiary/aromatic N) is 8. The van der Waals surface area contributed by atoms with Crippen molar-refractivity contribution in [1.29, 1.82) is 0 Å². The van der Waals surface area contributed by atoms with Crippen molar-refractivity contribution in [3.05, 3.63) is 113 Å². The molecule has 3 aliphatic rings. The quantitative estimate of drug-likeness (QED) is 0.160. The summed E-state index contributed by atoms with van der Waals surface area (Å²) in [5.74, 6) is -2.25. The number of allylic oxidation sites excluding steroid dienone is 4. The average Bonchev–Trinajstić information content (AvgIpc) is 3.93. The second-order valence-electron chi connectivity index (χ2n) is 12.8. The molecule has 1 unspecified atom stereocenters. The van der Waals surface area contributed by atoms with Gasteiger partial charge in [-0.05, 0) is 73.9 Å². The Labute approximate surface area is 308 Å². The van der Waals surface area contributed by atoms with Crippen molar-refractivity contribution in [2.75, 3.05) is 49.2 Å². The van der Waals surface area contributed by atoms with Gasteiger partial charge in [-0.2, -0.15) is 10.2 Å². The van der Waals surface area contributed by atoms with Crippen LogP contribution in [0.5, 0.6) is 5.75 Å². The van der Waals surface area contributed by atoms with E-state index >= 15 is 4.39 Å². The lowest BCUT2D eigenvalue weighted by Crippen LogP contribution is -2.46. The van der Waals surface area contributed by atoms with Crippen molar-refractivity contribution in [1.82, 2.24) is 29.1 Å². The van der Waals surface area contributed by atoms with Crippen LogP contribution in [0.15, 0.2) is 108 Å². The fourth-order valence-corrected chi connectivity index (χ4v) is 6.83. The molecule has 14 heteroatoms. The maximum atomic E-state index is 15.1. The third kappa shape index (κ3) is 8.44. The van der Waals surface area contributed by atoms with E-state index in [4.69, 9.17) is 14.2 Å². The third-order valence-corrected chi connectivity index (χ3v) is 9.66. The number of hydrogen-bond acceptors (Lipinski definition) is 9. The van der Waals surface area contributed by atoms with Gasteiger partial charge in [0.15, 0.2) is 0 Å². The van der Waals surface area contributed by atoms with Gasteiger partial charge in [0, 0.05) is 49.2 Å². The van der Waals surface area contributed by atoms with E-state index in [-0.39, 0.29) is 43.5 Å². The average molecular weight is 731 g/mol. The molecule has 2 atom stereocenters. The maximum Gasteiger partial charge on any atom is 0.350 e. The SMILES string of the molecule is CC.CCC(CC)n1ncn(-c2ccc(N3CCN(c4ccc(OC[C@H]5COC(Cn6cncn6)(C6=CCC=C(F)C=C6F)O5)cc4)CC3)cc2)c1=O. The molecular weight excluding hydrogens is 682 g/mol. The molecule has 0 saturated carbocycles. The number of hydrogen-bond donors (Lipinski definition) is 0. The normalized spacial score (nSPS) is 20.4. The molecule has 0 radical (unpaired) electrons. The summed E-state index contributed by atoms with van der Waals surface area (Å²) in [4.78, 5) is 21.6. The van der Waals surface area contributed by atoms with Crippen LogP contribution in [0.3, 0.4) is 0 Å². The highest BCUT2D eigenvalue weighted by molar-refractivity contribution is 5.55. The van der Waals surface area contributed by atoms with E-state index in [1.807, 2.05) is 50.2 Å². The van der Waals surface area contributed by atoms with Gasteiger partial charge in [-0.1, -0.05) is 33.8 Å². The lowest BCUT2D eigenvalue weighted by Gasteiger charge is -2.37. The summed E-state index contributed by atoms with van der Waals surface area (Å²) in [7, 11) is 0. The Bertz CT molecular complexity index is 1930. The zero-order valence-electron chi connectivity index (χ0n) is 30.8. The van der Waals surface area contributed by atoms with Crippen LogP contribution in [0.25, 0.3) is 5.69 Å². The first kappa shape index (κ1) is 37.7. The fourth-order valence-electron chi connectivity index (χ4n) is 6.83. The first-order valence-corrected chi connectivity index (χ1v) is 18.4. The molecule has 2 fully saturated rings. The van der Waals surface area contributed by atoms with Crippen molar-refractivity contribution in [2.45, 2.75) is 71.4 Å². The summed E-state index contributed by atoms with van der Waals surface area (Å²) in [6, 6.07) is 16.1. The Kier molecular flexibility index (Phi) is 12.2. The molecule has 1 aliphatic carbocycles. The topological polar surface area (TPSA) is 105 Å². The van der Waals surface area contributed by atoms with E-state index in [0.717, 1.165) is 62.2 Å². The first-order chi connectivity index (χ1) is 25.9. The number of rotatable bonds is 12. The van der Waals surface area contributed by atoms with E-state index in [2.05, 4.69) is 51.0 Å². The van der Waals surface area contributed by atoms with Crippen LogP contribution < -0.4 is 20.2 Å². The minimum absolute atomic E-state index is 0.0395. The number of ether oxygens (including phenoxy) is 3. The molecule has 2 aromatic heterocycles. The van der Waals surface area contributed by atoms with E-state index in [0.29, 0.717) is 5.75 Å². The van der Waals surface area contributed by atoms with Gasteiger partial charge in [0.2, 0.25) is 5.79 Å². The van der Waals surface area contributed by atoms with Gasteiger partial charge in [-0.15, -0.1) is 0 Å². The molecule has 53 heavy (non-hydrogen) atoms. The number of aromatic nitrogens is 6. The molecule has 0 amide bonds. The number of anilines is 2. The van der Waals surface area contributed by atoms with Crippen LogP contribution in [0.2, 0.25) is 0 Å². The molecule has 4 aromatic rings. The molecule has 12 nitrogen and oxygen atoms in total. The van der Waals surface area contributed by atoms with E-state index < -0.39 is 23.5 Å². The van der Waals surface area contributed by atoms with Gasteiger partial charge < -0.3 is 24.0 Å². The Morgan fingerprint density at radius 2 is 1.53 bits per heavy atom. The van der Waals surface area contributed by atoms with Gasteiger partial charge in [0.1, 0.15) is 55.6 Å². The predicted molar refractivity (Wildman–Crippen MR) is 200 cm³/mol. The molecular formula is C39H48F2N8O4. The van der Waals surface area contributed by atoms with Gasteiger partial charge >= 0.3 is 5.69 Å². The van der Waals surface area contributed by atoms with E-state index in [1.54, 1.807) is 21.7 Å². The monoisotopic (exact) mass is 730 g/mol. The second-order valence-corrected chi connectivity index (χ2v) is 12.8. The number of halogens is 2. The van der Waals surface area contributed by atoms with E-state index in [9.17, 15) is 9.18 Å². The van der Waals surface area contributed by atoms with Gasteiger partial charge in [-0.3, -0.25) is 0 Å². The Morgan fingerprint density at radius 3 is 2.15 bits per heavy atom. The molecule has 7 rings (SSSR count). The van der Waals surface area contributed by atoms with Gasteiger partial charge in [0.25, 0.3) is 0 Å². The molecule has 0 N–H and O–H groups in total. The molecule has 2 aliphatic heterocycles. The number of piperazine rings is 1. The molecule has 2 aromatic carbocycles. The molecule has 0 spiro atoms. The van der Waals surface area contributed by atoms with Crippen LogP contribution >= 0.6 is 0 Å². The Hall–Kier alpha value is -5.08.